The van der Waals surface area contributed by atoms with E-state index in [0.717, 1.165) is 18.2 Å². The Morgan fingerprint density at radius 1 is 0.662 bits per heavy atom. The zero-order valence-corrected chi connectivity index (χ0v) is 35.3. The Hall–Kier alpha value is -6.13. The summed E-state index contributed by atoms with van der Waals surface area (Å²) in [4.78, 5) is 35.6. The van der Waals surface area contributed by atoms with E-state index in [-0.39, 0.29) is 39.9 Å². The zero-order valence-electron chi connectivity index (χ0n) is 35.3. The van der Waals surface area contributed by atoms with Gasteiger partial charge < -0.3 is 104 Å². The Labute approximate surface area is 384 Å². The molecular formula is C44H48O24. The first-order valence-corrected chi connectivity index (χ1v) is 20.8. The van der Waals surface area contributed by atoms with E-state index in [0.29, 0.717) is 5.56 Å². The summed E-state index contributed by atoms with van der Waals surface area (Å²) in [6, 6.07) is 13.5. The molecule has 15 atom stereocenters. The normalized spacial score (nSPS) is 32.5. The van der Waals surface area contributed by atoms with E-state index in [2.05, 4.69) is 0 Å². The first kappa shape index (κ1) is 49.8. The van der Waals surface area contributed by atoms with Gasteiger partial charge in [0.25, 0.3) is 0 Å². The van der Waals surface area contributed by atoms with Crippen molar-refractivity contribution in [2.75, 3.05) is 19.8 Å². The molecule has 0 saturated carbocycles. The van der Waals surface area contributed by atoms with E-state index in [1.54, 1.807) is 0 Å². The maximum Gasteiger partial charge on any atom is 0.330 e. The summed E-state index contributed by atoms with van der Waals surface area (Å²) in [7, 11) is 0. The fourth-order valence-electron chi connectivity index (χ4n) is 7.36. The van der Waals surface area contributed by atoms with Crippen LogP contribution in [0.1, 0.15) is 29.2 Å². The number of aliphatic hydroxyl groups is 8. The summed E-state index contributed by atoms with van der Waals surface area (Å²) < 4.78 is 51.8. The Balaban J connectivity index is 1.21. The van der Waals surface area contributed by atoms with Gasteiger partial charge in [-0.15, -0.1) is 0 Å². The van der Waals surface area contributed by atoms with Crippen LogP contribution in [0.4, 0.5) is 0 Å². The number of aromatic hydroxyl groups is 3. The molecule has 0 bridgehead atoms. The van der Waals surface area contributed by atoms with Crippen LogP contribution < -0.4 is 9.47 Å². The number of carboxylic acids is 1. The van der Waals surface area contributed by atoms with Crippen LogP contribution >= 0.6 is 0 Å². The number of ether oxygens (including phenoxy) is 9. The molecule has 0 radical (unpaired) electrons. The minimum atomic E-state index is -1.99. The monoisotopic (exact) mass is 960 g/mol. The van der Waals surface area contributed by atoms with Crippen molar-refractivity contribution in [3.8, 4) is 28.7 Å². The first-order chi connectivity index (χ1) is 32.4. The number of hydrogen-bond acceptors (Lipinski definition) is 23. The molecule has 15 unspecified atom stereocenters. The van der Waals surface area contributed by atoms with Gasteiger partial charge in [-0.3, -0.25) is 9.59 Å². The number of carboxylic acid groups (broad SMARTS) is 1. The maximum absolute atomic E-state index is 12.8. The lowest BCUT2D eigenvalue weighted by Crippen LogP contribution is -2.63. The van der Waals surface area contributed by atoms with Gasteiger partial charge in [-0.05, 0) is 42.0 Å². The van der Waals surface area contributed by atoms with Crippen molar-refractivity contribution in [3.05, 3.63) is 89.2 Å². The van der Waals surface area contributed by atoms with E-state index >= 15 is 0 Å². The van der Waals surface area contributed by atoms with Crippen molar-refractivity contribution in [1.82, 2.24) is 0 Å². The highest BCUT2D eigenvalue weighted by molar-refractivity contribution is 5.90. The van der Waals surface area contributed by atoms with E-state index in [1.807, 2.05) is 0 Å². The molecule has 0 amide bonds. The zero-order chi connectivity index (χ0) is 49.0. The molecule has 0 spiro atoms. The summed E-state index contributed by atoms with van der Waals surface area (Å²) in [5, 5.41) is 126. The van der Waals surface area contributed by atoms with Gasteiger partial charge in [0.1, 0.15) is 115 Å². The number of carbonyl (C=O) groups is 3. The van der Waals surface area contributed by atoms with E-state index in [1.165, 1.54) is 60.7 Å². The highest BCUT2D eigenvalue weighted by Crippen LogP contribution is 2.46. The molecule has 12 N–H and O–H groups in total. The number of esters is 2. The summed E-state index contributed by atoms with van der Waals surface area (Å²) >= 11 is 0. The third kappa shape index (κ3) is 11.6. The third-order valence-electron chi connectivity index (χ3n) is 11.0. The molecule has 24 nitrogen and oxygen atoms in total. The second kappa shape index (κ2) is 21.4. The fourth-order valence-corrected chi connectivity index (χ4v) is 7.36. The molecule has 0 aliphatic carbocycles. The van der Waals surface area contributed by atoms with Crippen LogP contribution in [0.2, 0.25) is 0 Å². The number of phenols is 3. The van der Waals surface area contributed by atoms with Crippen molar-refractivity contribution in [2.45, 2.75) is 98.5 Å². The van der Waals surface area contributed by atoms with Gasteiger partial charge in [0, 0.05) is 23.8 Å². The van der Waals surface area contributed by atoms with Crippen LogP contribution in [0, 0.1) is 0 Å². The standard InChI is InChI=1S/C44H48O24/c45-20-6-1-18(2-7-20)3-10-31(51)60-16-29-35(55)37(57)41(68-42-38(58)33(53)24(48)15-62-42)44(67-29)65-27-13-23-25(63-40(27)19-4-8-21(46)9-5-19)11-22(47)12-26(23)64-43-39(59)36(56)34(54)28(66-43)17-61-32(52)14-30(49)50/h1-13,24,28-29,33-48,53-59H,14-17H2,(H,49,50). The molecule has 3 saturated heterocycles. The lowest BCUT2D eigenvalue weighted by molar-refractivity contribution is -0.352. The molecule has 3 aromatic rings. The maximum atomic E-state index is 12.8. The molecule has 3 fully saturated rings. The molecule has 4 heterocycles. The molecule has 4 aliphatic rings. The van der Waals surface area contributed by atoms with Gasteiger partial charge >= 0.3 is 17.9 Å². The van der Waals surface area contributed by atoms with Crippen molar-refractivity contribution in [2.24, 2.45) is 0 Å². The van der Waals surface area contributed by atoms with E-state index in [9.17, 15) is 70.6 Å². The van der Waals surface area contributed by atoms with Crippen molar-refractivity contribution in [3.63, 3.8) is 0 Å². The minimum absolute atomic E-state index is 0.00346. The largest absolute Gasteiger partial charge is 0.508 e. The number of rotatable bonds is 15. The van der Waals surface area contributed by atoms with Crippen LogP contribution in [-0.4, -0.2) is 185 Å². The molecule has 0 aromatic heterocycles. The Bertz CT molecular complexity index is 2300. The molecule has 68 heavy (non-hydrogen) atoms. The SMILES string of the molecule is O=C(O)CC(=O)OCC1OC(Oc2cc(O)cc3c2C=C(OC2OC(COC(=O)C=Cc4ccc(O)cc4)C(O)C(O)C2OC2OCC(O)C(O)C2O)C(c2ccc(O)cc2)O3)C(O)C(O)C1O. The lowest BCUT2D eigenvalue weighted by atomic mass is 9.97. The summed E-state index contributed by atoms with van der Waals surface area (Å²) in [5.74, 6) is -4.90. The molecule has 4 aliphatic heterocycles. The smallest absolute Gasteiger partial charge is 0.330 e. The highest BCUT2D eigenvalue weighted by Gasteiger charge is 2.51. The lowest BCUT2D eigenvalue weighted by Gasteiger charge is -2.45. The van der Waals surface area contributed by atoms with Crippen LogP contribution in [0.3, 0.4) is 0 Å². The van der Waals surface area contributed by atoms with E-state index in [4.69, 9.17) is 47.7 Å². The average molecular weight is 961 g/mol. The Morgan fingerprint density at radius 3 is 1.96 bits per heavy atom. The molecule has 3 aromatic carbocycles. The van der Waals surface area contributed by atoms with Gasteiger partial charge in [0.2, 0.25) is 12.6 Å². The van der Waals surface area contributed by atoms with Crippen molar-refractivity contribution >= 4 is 30.1 Å². The van der Waals surface area contributed by atoms with Gasteiger partial charge in [-0.25, -0.2) is 4.79 Å². The summed E-state index contributed by atoms with van der Waals surface area (Å²) in [6.07, 6.45) is -24.0. The fraction of sp³-hybridized carbons (Fsp3) is 0.432. The number of carbonyl (C=O) groups excluding carboxylic acids is 2. The van der Waals surface area contributed by atoms with Crippen LogP contribution in [0.25, 0.3) is 12.2 Å². The van der Waals surface area contributed by atoms with Gasteiger partial charge in [0.15, 0.2) is 18.5 Å². The van der Waals surface area contributed by atoms with Gasteiger partial charge in [-0.2, -0.15) is 0 Å². The molecular weight excluding hydrogens is 912 g/mol. The van der Waals surface area contributed by atoms with Gasteiger partial charge in [-0.1, -0.05) is 24.3 Å². The molecule has 368 valence electrons. The topological polar surface area (TPSA) is 377 Å². The number of benzene rings is 3. The average Bonchev–Trinajstić information content (AvgIpc) is 3.30. The number of aliphatic hydroxyl groups excluding tert-OH is 8. The summed E-state index contributed by atoms with van der Waals surface area (Å²) in [5.41, 5.74) is 0.757. The number of fused-ring (bicyclic) bond motifs is 1. The number of hydrogen-bond donors (Lipinski definition) is 12. The van der Waals surface area contributed by atoms with Gasteiger partial charge in [0.05, 0.1) is 12.2 Å². The summed E-state index contributed by atoms with van der Waals surface area (Å²) in [6.45, 7) is -2.01. The second-order valence-corrected chi connectivity index (χ2v) is 15.9. The Morgan fingerprint density at radius 2 is 1.28 bits per heavy atom. The van der Waals surface area contributed by atoms with E-state index < -0.39 is 142 Å². The van der Waals surface area contributed by atoms with Crippen molar-refractivity contribution < 1.29 is 118 Å². The predicted octanol–water partition coefficient (Wildman–Crippen LogP) is -1.97. The van der Waals surface area contributed by atoms with Crippen LogP contribution in [0.5, 0.6) is 28.7 Å². The predicted molar refractivity (Wildman–Crippen MR) is 221 cm³/mol. The Kier molecular flexibility index (Phi) is 15.7. The second-order valence-electron chi connectivity index (χ2n) is 15.9. The molecule has 24 heteroatoms. The third-order valence-corrected chi connectivity index (χ3v) is 11.0. The number of aliphatic carboxylic acids is 1. The van der Waals surface area contributed by atoms with Crippen LogP contribution in [-0.2, 0) is 47.5 Å². The van der Waals surface area contributed by atoms with Crippen LogP contribution in [0.15, 0.2) is 72.5 Å². The minimum Gasteiger partial charge on any atom is -0.508 e. The first-order valence-electron chi connectivity index (χ1n) is 20.8. The van der Waals surface area contributed by atoms with Crippen molar-refractivity contribution in [1.29, 1.82) is 0 Å². The number of phenolic OH excluding ortho intramolecular Hbond substituents is 3. The quantitative estimate of drug-likeness (QED) is 0.0446. The highest BCUT2D eigenvalue weighted by atomic mass is 16.8. The molecule has 7 rings (SSSR count).